The van der Waals surface area contributed by atoms with Gasteiger partial charge in [-0.15, -0.1) is 0 Å². The first-order valence-corrected chi connectivity index (χ1v) is 18.8. The Morgan fingerprint density at radius 2 is 1.89 bits per heavy atom. The summed E-state index contributed by atoms with van der Waals surface area (Å²) in [6.45, 7) is 11.0. The Balaban J connectivity index is 1.24. The highest BCUT2D eigenvalue weighted by Gasteiger charge is 2.59. The predicted molar refractivity (Wildman–Crippen MR) is 197 cm³/mol. The van der Waals surface area contributed by atoms with Crippen LogP contribution in [-0.2, 0) is 9.47 Å². The number of aromatic nitrogens is 3. The quantitative estimate of drug-likeness (QED) is 0.258. The van der Waals surface area contributed by atoms with Crippen molar-refractivity contribution in [2.75, 3.05) is 64.7 Å². The highest BCUT2D eigenvalue weighted by Crippen LogP contribution is 2.56. The number of piperidine rings is 1. The van der Waals surface area contributed by atoms with Gasteiger partial charge < -0.3 is 34.1 Å². The van der Waals surface area contributed by atoms with Crippen LogP contribution in [0.5, 0.6) is 17.6 Å². The predicted octanol–water partition coefficient (Wildman–Crippen LogP) is 6.30. The van der Waals surface area contributed by atoms with Gasteiger partial charge in [-0.3, -0.25) is 4.90 Å². The molecule has 2 aliphatic carbocycles. The van der Waals surface area contributed by atoms with Gasteiger partial charge in [-0.1, -0.05) is 25.2 Å². The zero-order valence-corrected chi connectivity index (χ0v) is 30.8. The van der Waals surface area contributed by atoms with E-state index in [2.05, 4.69) is 16.5 Å². The first kappa shape index (κ1) is 36.1. The number of likely N-dealkylation sites (tertiary alicyclic amines) is 1. The number of benzene rings is 1. The lowest BCUT2D eigenvalue weighted by Crippen LogP contribution is -2.68. The number of phenols is 1. The number of anilines is 1. The van der Waals surface area contributed by atoms with E-state index >= 15 is 8.78 Å². The number of fused-ring (bicyclic) bond motifs is 2. The topological polar surface area (TPSA) is 123 Å². The molecular weight excluding hydrogens is 684 g/mol. The van der Waals surface area contributed by atoms with E-state index in [0.717, 1.165) is 51.9 Å². The van der Waals surface area contributed by atoms with Crippen molar-refractivity contribution < 1.29 is 37.9 Å². The number of hydrogen-bond acceptors (Lipinski definition) is 11. The Morgan fingerprint density at radius 1 is 1.08 bits per heavy atom. The van der Waals surface area contributed by atoms with E-state index < -0.39 is 17.2 Å². The van der Waals surface area contributed by atoms with E-state index in [9.17, 15) is 10.2 Å². The van der Waals surface area contributed by atoms with Crippen LogP contribution in [0.3, 0.4) is 0 Å². The van der Waals surface area contributed by atoms with Crippen molar-refractivity contribution in [1.29, 1.82) is 0 Å². The third-order valence-corrected chi connectivity index (χ3v) is 12.4. The smallest absolute Gasteiger partial charge is 0.319 e. The Kier molecular flexibility index (Phi) is 9.36. The summed E-state index contributed by atoms with van der Waals surface area (Å²) >= 11 is 0. The molecule has 0 bridgehead atoms. The van der Waals surface area contributed by atoms with Gasteiger partial charge >= 0.3 is 6.01 Å². The number of methoxy groups -OCH3 is 1. The minimum Gasteiger partial charge on any atom is -0.508 e. The van der Waals surface area contributed by atoms with E-state index in [1.165, 1.54) is 51.2 Å². The largest absolute Gasteiger partial charge is 0.508 e. The molecule has 284 valence electrons. The van der Waals surface area contributed by atoms with Gasteiger partial charge in [0.1, 0.15) is 39.6 Å². The Morgan fingerprint density at radius 3 is 2.58 bits per heavy atom. The van der Waals surface area contributed by atoms with Crippen LogP contribution in [0.2, 0.25) is 0 Å². The summed E-state index contributed by atoms with van der Waals surface area (Å²) in [5.74, 6) is -1.45. The third-order valence-electron chi connectivity index (χ3n) is 12.4. The van der Waals surface area contributed by atoms with Crippen LogP contribution in [0.15, 0.2) is 24.8 Å². The number of rotatable bonds is 9. The van der Waals surface area contributed by atoms with Crippen LogP contribution in [0.25, 0.3) is 34.1 Å². The van der Waals surface area contributed by atoms with Crippen molar-refractivity contribution in [2.24, 2.45) is 10.8 Å². The van der Waals surface area contributed by atoms with Gasteiger partial charge in [-0.05, 0) is 76.6 Å². The first-order chi connectivity index (χ1) is 25.5. The van der Waals surface area contributed by atoms with Crippen molar-refractivity contribution >= 4 is 28.6 Å². The number of halogens is 2. The molecule has 0 radical (unpaired) electrons. The van der Waals surface area contributed by atoms with Crippen molar-refractivity contribution in [1.82, 2.24) is 19.9 Å². The Labute approximate surface area is 308 Å². The Hall–Kier alpha value is -3.91. The van der Waals surface area contributed by atoms with Crippen LogP contribution in [-0.4, -0.2) is 108 Å². The van der Waals surface area contributed by atoms with Crippen molar-refractivity contribution in [3.8, 4) is 28.9 Å². The molecule has 3 aliphatic heterocycles. The van der Waals surface area contributed by atoms with E-state index in [4.69, 9.17) is 28.9 Å². The standard InChI is InChI=1S/C40H49F2N5O6/c1-5-24-17-25(48)18-26(30(24)27(41)6-2)33-32(42)34-31(36(43-33)50-4)35(46-15-16-51-20-38(3,49)19-46)45-37(44-34)53-23-39-11-7-9-28(39)47(14-8-12-39)29-10-13-40(29)21-52-22-40/h5-6,17-18,28-29,48-49H,1,7-16,19-23H2,2-4H3/b27-6+. The number of ether oxygens (including phenoxy) is 4. The summed E-state index contributed by atoms with van der Waals surface area (Å²) in [6.07, 6.45) is 10.4. The van der Waals surface area contributed by atoms with Crippen LogP contribution in [0.1, 0.15) is 69.9 Å². The summed E-state index contributed by atoms with van der Waals surface area (Å²) < 4.78 is 56.5. The van der Waals surface area contributed by atoms with E-state index in [1.807, 2.05) is 4.90 Å². The number of aromatic hydroxyl groups is 1. The van der Waals surface area contributed by atoms with Crippen molar-refractivity contribution in [3.63, 3.8) is 0 Å². The summed E-state index contributed by atoms with van der Waals surface area (Å²) in [5, 5.41) is 22.0. The van der Waals surface area contributed by atoms with Gasteiger partial charge in [-0.25, -0.2) is 13.8 Å². The molecule has 53 heavy (non-hydrogen) atoms. The van der Waals surface area contributed by atoms with Gasteiger partial charge in [0.05, 0.1) is 46.7 Å². The van der Waals surface area contributed by atoms with Gasteiger partial charge in [-0.2, -0.15) is 9.97 Å². The fourth-order valence-electron chi connectivity index (χ4n) is 9.73. The van der Waals surface area contributed by atoms with Gasteiger partial charge in [0.15, 0.2) is 5.82 Å². The highest BCUT2D eigenvalue weighted by molar-refractivity contribution is 5.98. The second kappa shape index (κ2) is 13.7. The lowest BCUT2D eigenvalue weighted by atomic mass is 9.60. The molecule has 2 N–H and O–H groups in total. The van der Waals surface area contributed by atoms with Gasteiger partial charge in [0, 0.05) is 40.6 Å². The number of phenolic OH excluding ortho intramolecular Hbond substituents is 1. The van der Waals surface area contributed by atoms with E-state index in [1.54, 1.807) is 6.92 Å². The second-order valence-corrected chi connectivity index (χ2v) is 15.9. The van der Waals surface area contributed by atoms with Crippen molar-refractivity contribution in [2.45, 2.75) is 76.5 Å². The number of pyridine rings is 1. The summed E-state index contributed by atoms with van der Waals surface area (Å²) in [4.78, 5) is 18.7. The lowest BCUT2D eigenvalue weighted by Gasteiger charge is -2.62. The van der Waals surface area contributed by atoms with Crippen molar-refractivity contribution in [3.05, 3.63) is 41.7 Å². The number of hydrogen-bond donors (Lipinski definition) is 2. The molecule has 0 amide bonds. The number of β-amino-alcohol motifs (C(OH)–C–C–N with tert-alkyl or cyclic N) is 1. The summed E-state index contributed by atoms with van der Waals surface area (Å²) in [6, 6.07) is 3.51. The van der Waals surface area contributed by atoms with Gasteiger partial charge in [0.25, 0.3) is 0 Å². The number of aliphatic hydroxyl groups is 1. The fraction of sp³-hybridized carbons (Fsp3) is 0.575. The molecule has 3 saturated heterocycles. The average molecular weight is 734 g/mol. The third kappa shape index (κ3) is 6.13. The number of nitrogens with zero attached hydrogens (tertiary/aromatic N) is 5. The Bertz CT molecular complexity index is 1950. The summed E-state index contributed by atoms with van der Waals surface area (Å²) in [7, 11) is 1.40. The van der Waals surface area contributed by atoms with E-state index in [0.29, 0.717) is 37.3 Å². The molecule has 4 atom stereocenters. The molecule has 5 heterocycles. The van der Waals surface area contributed by atoms with Crippen LogP contribution >= 0.6 is 0 Å². The highest BCUT2D eigenvalue weighted by atomic mass is 19.1. The molecule has 5 fully saturated rings. The number of allylic oxidation sites excluding steroid dienone is 1. The molecule has 3 aromatic rings. The van der Waals surface area contributed by atoms with E-state index in [-0.39, 0.29) is 75.3 Å². The molecule has 4 unspecified atom stereocenters. The molecule has 13 heteroatoms. The van der Waals surface area contributed by atoms with Crippen LogP contribution in [0, 0.1) is 16.6 Å². The monoisotopic (exact) mass is 733 g/mol. The average Bonchev–Trinajstić information content (AvgIpc) is 3.46. The minimum atomic E-state index is -1.23. The summed E-state index contributed by atoms with van der Waals surface area (Å²) in [5.41, 5.74) is -1.16. The maximum Gasteiger partial charge on any atom is 0.319 e. The normalized spacial score (nSPS) is 28.6. The molecule has 1 aromatic carbocycles. The van der Waals surface area contributed by atoms with Crippen LogP contribution in [0.4, 0.5) is 14.6 Å². The molecular formula is C40H49F2N5O6. The molecule has 11 nitrogen and oxygen atoms in total. The van der Waals surface area contributed by atoms with Crippen LogP contribution < -0.4 is 14.4 Å². The molecule has 5 aliphatic rings. The zero-order valence-electron chi connectivity index (χ0n) is 30.8. The SMILES string of the molecule is C=Cc1cc(O)cc(-c2nc(OC)c3c(N4CCOCC(C)(O)C4)nc(OCC45CCCC4N(C4CCC46COC6)CCC5)nc3c2F)c1/C(F)=C\C. The molecule has 2 saturated carbocycles. The molecule has 1 spiro atoms. The maximum atomic E-state index is 17.2. The minimum absolute atomic E-state index is 0.00236. The maximum absolute atomic E-state index is 17.2. The second-order valence-electron chi connectivity index (χ2n) is 15.9. The zero-order chi connectivity index (χ0) is 37.1. The fourth-order valence-corrected chi connectivity index (χ4v) is 9.73. The molecule has 2 aromatic heterocycles. The van der Waals surface area contributed by atoms with Gasteiger partial charge in [0.2, 0.25) is 5.88 Å². The first-order valence-electron chi connectivity index (χ1n) is 18.8. The molecule has 8 rings (SSSR count). The lowest BCUT2D eigenvalue weighted by molar-refractivity contribution is -0.218.